The maximum atomic E-state index is 12.7. The van der Waals surface area contributed by atoms with Crippen LogP contribution < -0.4 is 4.90 Å². The van der Waals surface area contributed by atoms with Crippen LogP contribution in [-0.2, 0) is 4.79 Å². The van der Waals surface area contributed by atoms with E-state index in [-0.39, 0.29) is 33.4 Å². The molecular formula is C22H35ClN4O2S2. The van der Waals surface area contributed by atoms with E-state index >= 15 is 0 Å². The summed E-state index contributed by atoms with van der Waals surface area (Å²) in [5, 5.41) is 1.28. The van der Waals surface area contributed by atoms with E-state index in [4.69, 9.17) is 4.37 Å². The summed E-state index contributed by atoms with van der Waals surface area (Å²) in [6.07, 6.45) is 2.22. The molecule has 2 aromatic rings. The molecule has 1 aromatic heterocycles. The van der Waals surface area contributed by atoms with E-state index in [1.54, 1.807) is 23.3 Å². The molecule has 6 nitrogen and oxygen atoms in total. The quantitative estimate of drug-likeness (QED) is 0.579. The van der Waals surface area contributed by atoms with Gasteiger partial charge in [0.25, 0.3) is 0 Å². The second kappa shape index (κ2) is 10.3. The van der Waals surface area contributed by atoms with Crippen LogP contribution in [0.4, 0.5) is 5.82 Å². The molecular weight excluding hydrogens is 452 g/mol. The van der Waals surface area contributed by atoms with Crippen LogP contribution in [0.25, 0.3) is 10.1 Å². The molecule has 0 atom stereocenters. The van der Waals surface area contributed by atoms with Gasteiger partial charge in [-0.05, 0) is 70.7 Å². The Balaban J connectivity index is 0.00000171. The minimum absolute atomic E-state index is 0. The third-order valence-electron chi connectivity index (χ3n) is 6.05. The average molecular weight is 487 g/mol. The minimum atomic E-state index is -0.292. The average Bonchev–Trinajstić information content (AvgIpc) is 3.17. The van der Waals surface area contributed by atoms with Crippen LogP contribution in [0.1, 0.15) is 40.5 Å². The molecule has 2 aliphatic heterocycles. The molecule has 2 fully saturated rings. The zero-order valence-corrected chi connectivity index (χ0v) is 21.3. The number of carbonyl (C=O) groups is 1. The molecule has 9 heteroatoms. The summed E-state index contributed by atoms with van der Waals surface area (Å²) in [6, 6.07) is 8.52. The molecule has 3 heterocycles. The summed E-state index contributed by atoms with van der Waals surface area (Å²) >= 11 is 3.38. The Morgan fingerprint density at radius 1 is 1.00 bits per heavy atom. The number of halogens is 1. The molecule has 174 valence electrons. The second-order valence-corrected chi connectivity index (χ2v) is 12.1. The first kappa shape index (κ1) is 26.2. The van der Waals surface area contributed by atoms with Crippen molar-refractivity contribution in [2.24, 2.45) is 0 Å². The van der Waals surface area contributed by atoms with Crippen LogP contribution in [0.2, 0.25) is 0 Å². The smallest absolute Gasteiger partial charge is 0.239 e. The third kappa shape index (κ3) is 5.47. The monoisotopic (exact) mass is 486 g/mol. The van der Waals surface area contributed by atoms with E-state index in [0.29, 0.717) is 0 Å². The van der Waals surface area contributed by atoms with Crippen molar-refractivity contribution in [3.05, 3.63) is 24.3 Å². The zero-order valence-electron chi connectivity index (χ0n) is 18.9. The van der Waals surface area contributed by atoms with Gasteiger partial charge in [0.1, 0.15) is 5.82 Å². The van der Waals surface area contributed by atoms with Crippen LogP contribution in [0.5, 0.6) is 0 Å². The highest BCUT2D eigenvalue weighted by molar-refractivity contribution is 8.03. The Labute approximate surface area is 200 Å². The molecule has 0 aliphatic carbocycles. The molecule has 1 amide bonds. The summed E-state index contributed by atoms with van der Waals surface area (Å²) in [7, 11) is 0. The second-order valence-electron chi connectivity index (χ2n) is 9.05. The lowest BCUT2D eigenvalue weighted by atomic mass is 10.1. The molecule has 2 N–H and O–H groups in total. The number of benzene rings is 1. The van der Waals surface area contributed by atoms with E-state index in [0.717, 1.165) is 57.9 Å². The highest BCUT2D eigenvalue weighted by Crippen LogP contribution is 2.47. The van der Waals surface area contributed by atoms with E-state index < -0.39 is 0 Å². The number of rotatable bonds is 6. The normalized spacial score (nSPS) is 20.6. The number of fused-ring (bicyclic) bond motifs is 1. The van der Waals surface area contributed by atoms with Crippen molar-refractivity contribution in [2.75, 3.05) is 44.2 Å². The van der Waals surface area contributed by atoms with Crippen molar-refractivity contribution < 1.29 is 10.3 Å². The van der Waals surface area contributed by atoms with Gasteiger partial charge in [0.2, 0.25) is 5.91 Å². The van der Waals surface area contributed by atoms with Crippen molar-refractivity contribution in [1.82, 2.24) is 14.2 Å². The van der Waals surface area contributed by atoms with Crippen LogP contribution in [0.15, 0.2) is 24.3 Å². The van der Waals surface area contributed by atoms with Crippen molar-refractivity contribution >= 4 is 57.5 Å². The fraction of sp³-hybridized carbons (Fsp3) is 0.636. The molecule has 2 aliphatic rings. The molecule has 0 saturated carbocycles. The van der Waals surface area contributed by atoms with Crippen molar-refractivity contribution in [1.29, 1.82) is 0 Å². The maximum absolute atomic E-state index is 12.7. The number of aromatic nitrogens is 1. The largest absolute Gasteiger partial charge is 0.412 e. The minimum Gasteiger partial charge on any atom is -0.412 e. The fourth-order valence-electron chi connectivity index (χ4n) is 4.55. The molecule has 0 bridgehead atoms. The van der Waals surface area contributed by atoms with E-state index in [9.17, 15) is 4.79 Å². The van der Waals surface area contributed by atoms with E-state index in [2.05, 4.69) is 52.8 Å². The Morgan fingerprint density at radius 2 is 1.65 bits per heavy atom. The summed E-state index contributed by atoms with van der Waals surface area (Å²) < 4.78 is 5.68. The molecule has 0 unspecified atom stereocenters. The Kier molecular flexibility index (Phi) is 8.66. The van der Waals surface area contributed by atoms with Gasteiger partial charge in [-0.1, -0.05) is 12.1 Å². The lowest BCUT2D eigenvalue weighted by Gasteiger charge is -2.35. The lowest BCUT2D eigenvalue weighted by Crippen LogP contribution is -2.47. The van der Waals surface area contributed by atoms with Gasteiger partial charge in [-0.25, -0.2) is 0 Å². The summed E-state index contributed by atoms with van der Waals surface area (Å²) in [5.74, 6) is 1.44. The van der Waals surface area contributed by atoms with Crippen molar-refractivity contribution in [3.8, 4) is 0 Å². The van der Waals surface area contributed by atoms with E-state index in [1.165, 1.54) is 10.1 Å². The predicted octanol–water partition coefficient (Wildman–Crippen LogP) is 3.89. The summed E-state index contributed by atoms with van der Waals surface area (Å²) in [6.45, 7) is 14.7. The maximum Gasteiger partial charge on any atom is 0.239 e. The van der Waals surface area contributed by atoms with Crippen molar-refractivity contribution in [3.63, 3.8) is 0 Å². The number of unbranched alkanes of at least 4 members (excludes halogenated alkanes) is 1. The molecule has 0 spiro atoms. The number of carbonyl (C=O) groups excluding carboxylic acids is 1. The van der Waals surface area contributed by atoms with Gasteiger partial charge in [0.15, 0.2) is 0 Å². The molecule has 2 saturated heterocycles. The SMILES string of the molecule is CC1(C)SC(C)(C)N(CCCCN2CCN(c3nsc4ccccc34)CC2)C1=O.Cl.O. The van der Waals surface area contributed by atoms with Crippen LogP contribution in [-0.4, -0.2) is 74.4 Å². The number of amides is 1. The van der Waals surface area contributed by atoms with Crippen molar-refractivity contribution in [2.45, 2.75) is 50.2 Å². The molecule has 1 aromatic carbocycles. The number of hydrogen-bond acceptors (Lipinski definition) is 6. The van der Waals surface area contributed by atoms with Gasteiger partial charge < -0.3 is 15.3 Å². The topological polar surface area (TPSA) is 71.2 Å². The van der Waals surface area contributed by atoms with Gasteiger partial charge in [-0.3, -0.25) is 9.69 Å². The molecule has 4 rings (SSSR count). The first-order valence-electron chi connectivity index (χ1n) is 10.6. The van der Waals surface area contributed by atoms with E-state index in [1.807, 2.05) is 13.8 Å². The van der Waals surface area contributed by atoms with Crippen LogP contribution >= 0.6 is 35.7 Å². The number of nitrogens with zero attached hydrogens (tertiary/aromatic N) is 4. The Morgan fingerprint density at radius 3 is 2.29 bits per heavy atom. The van der Waals surface area contributed by atoms with Crippen LogP contribution in [0, 0.1) is 0 Å². The van der Waals surface area contributed by atoms with Gasteiger partial charge in [-0.15, -0.1) is 24.2 Å². The van der Waals surface area contributed by atoms with Gasteiger partial charge >= 0.3 is 0 Å². The highest BCUT2D eigenvalue weighted by atomic mass is 35.5. The number of piperazine rings is 1. The number of anilines is 1. The fourth-order valence-corrected chi connectivity index (χ4v) is 7.08. The van der Waals surface area contributed by atoms with Crippen LogP contribution in [0.3, 0.4) is 0 Å². The number of hydrogen-bond donors (Lipinski definition) is 0. The van der Waals surface area contributed by atoms with Gasteiger partial charge in [-0.2, -0.15) is 4.37 Å². The van der Waals surface area contributed by atoms with Gasteiger partial charge in [0.05, 0.1) is 14.3 Å². The molecule has 31 heavy (non-hydrogen) atoms. The third-order valence-corrected chi connectivity index (χ3v) is 8.27. The number of thioether (sulfide) groups is 1. The predicted molar refractivity (Wildman–Crippen MR) is 136 cm³/mol. The zero-order chi connectivity index (χ0) is 20.6. The Bertz CT molecular complexity index is 881. The molecule has 0 radical (unpaired) electrons. The lowest BCUT2D eigenvalue weighted by molar-refractivity contribution is -0.133. The highest BCUT2D eigenvalue weighted by Gasteiger charge is 2.50. The summed E-state index contributed by atoms with van der Waals surface area (Å²) in [4.78, 5) is 19.6. The van der Waals surface area contributed by atoms with Gasteiger partial charge in [0, 0.05) is 38.1 Å². The Hall–Kier alpha value is -1.06. The first-order valence-corrected chi connectivity index (χ1v) is 12.2. The first-order chi connectivity index (χ1) is 13.8. The standard InChI is InChI=1S/C22H32N4OS2.ClH.H2O/c1-21(2)20(27)26(22(3,4)29-21)12-8-7-11-24-13-15-25(16-14-24)19-17-9-5-6-10-18(17)28-23-19;;/h5-6,9-10H,7-8,11-16H2,1-4H3;1H;1H2. The summed E-state index contributed by atoms with van der Waals surface area (Å²) in [5.41, 5.74) is 0.